The maximum Gasteiger partial charge on any atom is 0.243 e. The highest BCUT2D eigenvalue weighted by molar-refractivity contribution is 7.80. The highest BCUT2D eigenvalue weighted by Gasteiger charge is 2.08. The van der Waals surface area contributed by atoms with Crippen LogP contribution in [-0.4, -0.2) is 26.5 Å². The summed E-state index contributed by atoms with van der Waals surface area (Å²) in [5.41, 5.74) is 6.90. The van der Waals surface area contributed by atoms with E-state index in [0.717, 1.165) is 5.69 Å². The predicted molar refractivity (Wildman–Crippen MR) is 71.4 cm³/mol. The van der Waals surface area contributed by atoms with Gasteiger partial charge in [0.05, 0.1) is 6.61 Å². The summed E-state index contributed by atoms with van der Waals surface area (Å²) in [4.78, 5) is 12.5. The second kappa shape index (κ2) is 6.02. The molecule has 0 saturated heterocycles. The second-order valence-electron chi connectivity index (χ2n) is 3.49. The maximum absolute atomic E-state index is 5.53. The molecule has 0 bridgehead atoms. The molecule has 0 atom stereocenters. The summed E-state index contributed by atoms with van der Waals surface area (Å²) in [5, 5.41) is 0. The molecular formula is C12H12N4OS. The minimum Gasteiger partial charge on any atom is -0.476 e. The Bertz CT molecular complexity index is 533. The Morgan fingerprint density at radius 1 is 1.17 bits per heavy atom. The van der Waals surface area contributed by atoms with Crippen LogP contribution in [0.3, 0.4) is 0 Å². The molecule has 0 aliphatic carbocycles. The van der Waals surface area contributed by atoms with Crippen LogP contribution in [0.1, 0.15) is 11.4 Å². The Hall–Kier alpha value is -2.08. The van der Waals surface area contributed by atoms with Gasteiger partial charge in [-0.3, -0.25) is 4.98 Å². The van der Waals surface area contributed by atoms with Gasteiger partial charge in [0.25, 0.3) is 0 Å². The van der Waals surface area contributed by atoms with Gasteiger partial charge in [-0.2, -0.15) is 0 Å². The van der Waals surface area contributed by atoms with Crippen molar-refractivity contribution in [2.75, 3.05) is 6.61 Å². The third-order valence-corrected chi connectivity index (χ3v) is 2.41. The van der Waals surface area contributed by atoms with E-state index in [0.29, 0.717) is 24.6 Å². The van der Waals surface area contributed by atoms with Gasteiger partial charge in [-0.05, 0) is 12.1 Å². The van der Waals surface area contributed by atoms with E-state index >= 15 is 0 Å². The van der Waals surface area contributed by atoms with Gasteiger partial charge < -0.3 is 10.5 Å². The SMILES string of the molecule is NC(=S)c1nccnc1OCCc1ccccn1. The number of rotatable bonds is 5. The first-order valence-corrected chi connectivity index (χ1v) is 5.81. The maximum atomic E-state index is 5.53. The molecule has 2 rings (SSSR count). The second-order valence-corrected chi connectivity index (χ2v) is 3.93. The molecule has 0 saturated carbocycles. The van der Waals surface area contributed by atoms with Crippen LogP contribution < -0.4 is 10.5 Å². The Kier molecular flexibility index (Phi) is 4.14. The molecule has 2 N–H and O–H groups in total. The van der Waals surface area contributed by atoms with Crippen molar-refractivity contribution in [2.24, 2.45) is 5.73 Å². The van der Waals surface area contributed by atoms with Gasteiger partial charge in [-0.1, -0.05) is 18.3 Å². The van der Waals surface area contributed by atoms with Gasteiger partial charge in [-0.25, -0.2) is 9.97 Å². The normalized spacial score (nSPS) is 10.0. The molecule has 0 radical (unpaired) electrons. The lowest BCUT2D eigenvalue weighted by Crippen LogP contribution is -2.15. The third kappa shape index (κ3) is 3.21. The Morgan fingerprint density at radius 2 is 2.00 bits per heavy atom. The molecular weight excluding hydrogens is 248 g/mol. The summed E-state index contributed by atoms with van der Waals surface area (Å²) >= 11 is 4.88. The minimum atomic E-state index is 0.177. The smallest absolute Gasteiger partial charge is 0.243 e. The molecule has 5 nitrogen and oxygen atoms in total. The first-order chi connectivity index (χ1) is 8.77. The molecule has 2 heterocycles. The number of aromatic nitrogens is 3. The average molecular weight is 260 g/mol. The Balaban J connectivity index is 1.97. The van der Waals surface area contributed by atoms with E-state index in [-0.39, 0.29) is 4.99 Å². The van der Waals surface area contributed by atoms with Crippen LogP contribution in [0.2, 0.25) is 0 Å². The number of hydrogen-bond acceptors (Lipinski definition) is 5. The average Bonchev–Trinajstić information content (AvgIpc) is 2.40. The van der Waals surface area contributed by atoms with Gasteiger partial charge in [0.15, 0.2) is 5.69 Å². The minimum absolute atomic E-state index is 0.177. The molecule has 0 fully saturated rings. The van der Waals surface area contributed by atoms with Crippen molar-refractivity contribution in [3.63, 3.8) is 0 Å². The predicted octanol–water partition coefficient (Wildman–Crippen LogP) is 1.13. The topological polar surface area (TPSA) is 73.9 Å². The molecule has 0 amide bonds. The molecule has 0 unspecified atom stereocenters. The van der Waals surface area contributed by atoms with Crippen LogP contribution >= 0.6 is 12.2 Å². The fourth-order valence-corrected chi connectivity index (χ4v) is 1.54. The van der Waals surface area contributed by atoms with Crippen molar-refractivity contribution < 1.29 is 4.74 Å². The Morgan fingerprint density at radius 3 is 2.72 bits per heavy atom. The van der Waals surface area contributed by atoms with Gasteiger partial charge in [0.2, 0.25) is 5.88 Å². The number of ether oxygens (including phenoxy) is 1. The quantitative estimate of drug-likeness (QED) is 0.812. The highest BCUT2D eigenvalue weighted by atomic mass is 32.1. The molecule has 2 aromatic heterocycles. The number of pyridine rings is 1. The molecule has 18 heavy (non-hydrogen) atoms. The molecule has 0 aromatic carbocycles. The van der Waals surface area contributed by atoms with E-state index in [9.17, 15) is 0 Å². The first-order valence-electron chi connectivity index (χ1n) is 5.41. The monoisotopic (exact) mass is 260 g/mol. The van der Waals surface area contributed by atoms with Crippen molar-refractivity contribution in [2.45, 2.75) is 6.42 Å². The van der Waals surface area contributed by atoms with Crippen molar-refractivity contribution in [3.05, 3.63) is 48.2 Å². The van der Waals surface area contributed by atoms with E-state index in [2.05, 4.69) is 15.0 Å². The molecule has 92 valence electrons. The van der Waals surface area contributed by atoms with Crippen LogP contribution in [0.4, 0.5) is 0 Å². The van der Waals surface area contributed by atoms with Gasteiger partial charge in [0, 0.05) is 30.7 Å². The fraction of sp³-hybridized carbons (Fsp3) is 0.167. The summed E-state index contributed by atoms with van der Waals surface area (Å²) in [6.45, 7) is 0.450. The van der Waals surface area contributed by atoms with Gasteiger partial charge >= 0.3 is 0 Å². The van der Waals surface area contributed by atoms with Crippen LogP contribution in [-0.2, 0) is 6.42 Å². The largest absolute Gasteiger partial charge is 0.476 e. The number of hydrogen-bond donors (Lipinski definition) is 1. The fourth-order valence-electron chi connectivity index (χ4n) is 1.40. The van der Waals surface area contributed by atoms with E-state index in [1.54, 1.807) is 6.20 Å². The van der Waals surface area contributed by atoms with E-state index in [1.165, 1.54) is 12.4 Å². The lowest BCUT2D eigenvalue weighted by Gasteiger charge is -2.07. The van der Waals surface area contributed by atoms with Crippen molar-refractivity contribution in [1.29, 1.82) is 0 Å². The van der Waals surface area contributed by atoms with Gasteiger partial charge in [0.1, 0.15) is 4.99 Å². The zero-order chi connectivity index (χ0) is 12.8. The summed E-state index contributed by atoms with van der Waals surface area (Å²) in [6.07, 6.45) is 5.50. The highest BCUT2D eigenvalue weighted by Crippen LogP contribution is 2.11. The third-order valence-electron chi connectivity index (χ3n) is 2.22. The summed E-state index contributed by atoms with van der Waals surface area (Å²) in [6, 6.07) is 5.75. The van der Waals surface area contributed by atoms with Crippen LogP contribution in [0, 0.1) is 0 Å². The van der Waals surface area contributed by atoms with Crippen LogP contribution in [0.15, 0.2) is 36.8 Å². The van der Waals surface area contributed by atoms with E-state index in [1.807, 2.05) is 18.2 Å². The van der Waals surface area contributed by atoms with Crippen LogP contribution in [0.5, 0.6) is 5.88 Å². The van der Waals surface area contributed by atoms with Crippen molar-refractivity contribution in [1.82, 2.24) is 15.0 Å². The lowest BCUT2D eigenvalue weighted by atomic mass is 10.3. The van der Waals surface area contributed by atoms with E-state index in [4.69, 9.17) is 22.7 Å². The summed E-state index contributed by atoms with van der Waals surface area (Å²) < 4.78 is 5.52. The Labute approximate surface area is 110 Å². The van der Waals surface area contributed by atoms with E-state index < -0.39 is 0 Å². The molecule has 2 aromatic rings. The molecule has 0 aliphatic rings. The number of thiocarbonyl (C=S) groups is 1. The zero-order valence-corrected chi connectivity index (χ0v) is 10.4. The van der Waals surface area contributed by atoms with Gasteiger partial charge in [-0.15, -0.1) is 0 Å². The number of nitrogens with two attached hydrogens (primary N) is 1. The number of nitrogens with zero attached hydrogens (tertiary/aromatic N) is 3. The van der Waals surface area contributed by atoms with Crippen molar-refractivity contribution >= 4 is 17.2 Å². The summed E-state index contributed by atoms with van der Waals surface area (Å²) in [7, 11) is 0. The first kappa shape index (κ1) is 12.4. The van der Waals surface area contributed by atoms with Crippen LogP contribution in [0.25, 0.3) is 0 Å². The zero-order valence-electron chi connectivity index (χ0n) is 9.61. The molecule has 0 aliphatic heterocycles. The lowest BCUT2D eigenvalue weighted by molar-refractivity contribution is 0.306. The molecule has 6 heteroatoms. The summed E-state index contributed by atoms with van der Waals surface area (Å²) in [5.74, 6) is 0.362. The molecule has 0 spiro atoms. The van der Waals surface area contributed by atoms with Crippen molar-refractivity contribution in [3.8, 4) is 5.88 Å². The standard InChI is InChI=1S/C12H12N4OS/c13-11(18)10-12(16-7-6-15-10)17-8-4-9-3-1-2-5-14-9/h1-3,5-7H,4,8H2,(H2,13,18).